The maximum atomic E-state index is 4.18. The lowest BCUT2D eigenvalue weighted by Crippen LogP contribution is -2.20. The van der Waals surface area contributed by atoms with Gasteiger partial charge in [0, 0.05) is 11.0 Å². The van der Waals surface area contributed by atoms with Gasteiger partial charge in [-0.15, -0.1) is 0 Å². The Kier molecular flexibility index (Phi) is 4.49. The van der Waals surface area contributed by atoms with E-state index < -0.39 is 0 Å². The quantitative estimate of drug-likeness (QED) is 0.923. The first-order chi connectivity index (χ1) is 8.66. The third-order valence-corrected chi connectivity index (χ3v) is 3.07. The van der Waals surface area contributed by atoms with Crippen LogP contribution in [0.2, 0.25) is 0 Å². The van der Waals surface area contributed by atoms with E-state index in [1.54, 1.807) is 17.3 Å². The molecule has 2 rings (SSSR count). The molecule has 0 saturated carbocycles. The summed E-state index contributed by atoms with van der Waals surface area (Å²) in [5.41, 5.74) is 2.27. The summed E-state index contributed by atoms with van der Waals surface area (Å²) < 4.78 is 2.87. The Balaban J connectivity index is 2.19. The molecule has 1 heterocycles. The minimum atomic E-state index is 0.645. The van der Waals surface area contributed by atoms with Crippen molar-refractivity contribution < 1.29 is 0 Å². The first-order valence-electron chi connectivity index (χ1n) is 6.01. The van der Waals surface area contributed by atoms with Crippen LogP contribution in [0.25, 0.3) is 5.69 Å². The summed E-state index contributed by atoms with van der Waals surface area (Å²) in [6.45, 7) is 6.23. The Labute approximate surface area is 116 Å². The molecule has 18 heavy (non-hydrogen) atoms. The van der Waals surface area contributed by atoms with E-state index in [4.69, 9.17) is 0 Å². The normalized spacial score (nSPS) is 11.1. The maximum Gasteiger partial charge on any atom is 0.138 e. The van der Waals surface area contributed by atoms with E-state index in [9.17, 15) is 0 Å². The molecule has 0 unspecified atom stereocenters. The van der Waals surface area contributed by atoms with Crippen LogP contribution in [0.4, 0.5) is 0 Å². The number of nitrogens with one attached hydrogen (secondary N) is 1. The van der Waals surface area contributed by atoms with E-state index in [1.165, 1.54) is 5.56 Å². The highest BCUT2D eigenvalue weighted by Crippen LogP contribution is 2.19. The van der Waals surface area contributed by atoms with Crippen LogP contribution in [-0.4, -0.2) is 21.3 Å². The minimum absolute atomic E-state index is 0.645. The predicted molar refractivity (Wildman–Crippen MR) is 75.6 cm³/mol. The predicted octanol–water partition coefficient (Wildman–Crippen LogP) is 2.78. The van der Waals surface area contributed by atoms with E-state index in [2.05, 4.69) is 51.2 Å². The topological polar surface area (TPSA) is 42.7 Å². The average Bonchev–Trinajstić information content (AvgIpc) is 2.82. The fraction of sp³-hybridized carbons (Fsp3) is 0.385. The van der Waals surface area contributed by atoms with Gasteiger partial charge < -0.3 is 5.32 Å². The smallest absolute Gasteiger partial charge is 0.138 e. The van der Waals surface area contributed by atoms with Crippen LogP contribution in [0, 0.1) is 5.92 Å². The van der Waals surface area contributed by atoms with E-state index >= 15 is 0 Å². The first-order valence-corrected chi connectivity index (χ1v) is 6.80. The molecule has 0 fully saturated rings. The van der Waals surface area contributed by atoms with Crippen LogP contribution in [0.5, 0.6) is 0 Å². The van der Waals surface area contributed by atoms with Gasteiger partial charge in [0.05, 0.1) is 5.69 Å². The van der Waals surface area contributed by atoms with Gasteiger partial charge in [-0.1, -0.05) is 29.8 Å². The van der Waals surface area contributed by atoms with Crippen molar-refractivity contribution in [3.8, 4) is 5.69 Å². The van der Waals surface area contributed by atoms with Crippen molar-refractivity contribution in [1.82, 2.24) is 20.1 Å². The van der Waals surface area contributed by atoms with Crippen LogP contribution in [0.3, 0.4) is 0 Å². The number of halogens is 1. The zero-order valence-corrected chi connectivity index (χ0v) is 12.2. The standard InChI is InChI=1S/C13H17BrN4/c1-10(2)6-15-7-11-5-12(14)3-4-13(11)18-9-16-8-17-18/h3-5,8-10,15H,6-7H2,1-2H3. The molecule has 1 aromatic carbocycles. The Morgan fingerprint density at radius 1 is 1.39 bits per heavy atom. The van der Waals surface area contributed by atoms with Gasteiger partial charge in [-0.25, -0.2) is 9.67 Å². The lowest BCUT2D eigenvalue weighted by molar-refractivity contribution is 0.551. The fourth-order valence-electron chi connectivity index (χ4n) is 1.75. The second-order valence-electron chi connectivity index (χ2n) is 4.64. The van der Waals surface area contributed by atoms with Crippen LogP contribution >= 0.6 is 15.9 Å². The summed E-state index contributed by atoms with van der Waals surface area (Å²) in [5, 5.41) is 7.63. The van der Waals surface area contributed by atoms with Crippen molar-refractivity contribution in [3.05, 3.63) is 40.9 Å². The van der Waals surface area contributed by atoms with Crippen molar-refractivity contribution in [2.24, 2.45) is 5.92 Å². The third-order valence-electron chi connectivity index (χ3n) is 2.58. The third kappa shape index (κ3) is 3.40. The highest BCUT2D eigenvalue weighted by molar-refractivity contribution is 9.10. The summed E-state index contributed by atoms with van der Waals surface area (Å²) in [6.07, 6.45) is 3.27. The second kappa shape index (κ2) is 6.11. The molecule has 0 aliphatic rings. The average molecular weight is 309 g/mol. The van der Waals surface area contributed by atoms with Gasteiger partial charge in [-0.3, -0.25) is 0 Å². The van der Waals surface area contributed by atoms with Gasteiger partial charge >= 0.3 is 0 Å². The van der Waals surface area contributed by atoms with Crippen LogP contribution < -0.4 is 5.32 Å². The zero-order chi connectivity index (χ0) is 13.0. The first kappa shape index (κ1) is 13.2. The Hall–Kier alpha value is -1.20. The molecule has 0 saturated heterocycles. The van der Waals surface area contributed by atoms with Crippen LogP contribution in [0.1, 0.15) is 19.4 Å². The number of hydrogen-bond donors (Lipinski definition) is 1. The molecule has 2 aromatic rings. The van der Waals surface area contributed by atoms with Crippen LogP contribution in [0.15, 0.2) is 35.3 Å². The van der Waals surface area contributed by atoms with Gasteiger partial charge in [0.15, 0.2) is 0 Å². The Morgan fingerprint density at radius 2 is 2.22 bits per heavy atom. The van der Waals surface area contributed by atoms with E-state index in [0.717, 1.165) is 23.2 Å². The second-order valence-corrected chi connectivity index (χ2v) is 5.55. The van der Waals surface area contributed by atoms with E-state index in [-0.39, 0.29) is 0 Å². The SMILES string of the molecule is CC(C)CNCc1cc(Br)ccc1-n1cncn1. The van der Waals surface area contributed by atoms with Gasteiger partial charge in [0.25, 0.3) is 0 Å². The van der Waals surface area contributed by atoms with E-state index in [1.807, 2.05) is 12.1 Å². The van der Waals surface area contributed by atoms with E-state index in [0.29, 0.717) is 5.92 Å². The molecule has 1 N–H and O–H groups in total. The maximum absolute atomic E-state index is 4.18. The monoisotopic (exact) mass is 308 g/mol. The lowest BCUT2D eigenvalue weighted by atomic mass is 10.1. The number of aromatic nitrogens is 3. The molecule has 5 heteroatoms. The summed E-state index contributed by atoms with van der Waals surface area (Å²) in [6, 6.07) is 6.18. The van der Waals surface area contributed by atoms with Gasteiger partial charge in [0.2, 0.25) is 0 Å². The van der Waals surface area contributed by atoms with Crippen molar-refractivity contribution in [1.29, 1.82) is 0 Å². The number of hydrogen-bond acceptors (Lipinski definition) is 3. The lowest BCUT2D eigenvalue weighted by Gasteiger charge is -2.12. The number of benzene rings is 1. The highest BCUT2D eigenvalue weighted by Gasteiger charge is 2.06. The summed E-state index contributed by atoms with van der Waals surface area (Å²) >= 11 is 3.51. The zero-order valence-electron chi connectivity index (χ0n) is 10.6. The molecule has 0 amide bonds. The molecule has 0 atom stereocenters. The van der Waals surface area contributed by atoms with Gasteiger partial charge in [-0.2, -0.15) is 5.10 Å². The van der Waals surface area contributed by atoms with Gasteiger partial charge in [0.1, 0.15) is 12.7 Å². The molecule has 1 aromatic heterocycles. The van der Waals surface area contributed by atoms with Gasteiger partial charge in [-0.05, 0) is 36.2 Å². The van der Waals surface area contributed by atoms with Crippen molar-refractivity contribution >= 4 is 15.9 Å². The van der Waals surface area contributed by atoms with Crippen molar-refractivity contribution in [2.75, 3.05) is 6.54 Å². The number of nitrogens with zero attached hydrogens (tertiary/aromatic N) is 3. The summed E-state index contributed by atoms with van der Waals surface area (Å²) in [7, 11) is 0. The highest BCUT2D eigenvalue weighted by atomic mass is 79.9. The summed E-state index contributed by atoms with van der Waals surface area (Å²) in [4.78, 5) is 3.99. The Morgan fingerprint density at radius 3 is 2.89 bits per heavy atom. The molecule has 0 spiro atoms. The largest absolute Gasteiger partial charge is 0.312 e. The van der Waals surface area contributed by atoms with Crippen molar-refractivity contribution in [2.45, 2.75) is 20.4 Å². The molecule has 0 aliphatic carbocycles. The molecular formula is C13H17BrN4. The molecule has 0 bridgehead atoms. The molecule has 96 valence electrons. The fourth-order valence-corrected chi connectivity index (χ4v) is 2.16. The number of rotatable bonds is 5. The minimum Gasteiger partial charge on any atom is -0.312 e. The molecule has 0 aliphatic heterocycles. The molecule has 0 radical (unpaired) electrons. The molecular weight excluding hydrogens is 292 g/mol. The molecule has 4 nitrogen and oxygen atoms in total. The van der Waals surface area contributed by atoms with Crippen molar-refractivity contribution in [3.63, 3.8) is 0 Å². The van der Waals surface area contributed by atoms with Crippen LogP contribution in [-0.2, 0) is 6.54 Å². The Bertz CT molecular complexity index is 494. The summed E-state index contributed by atoms with van der Waals surface area (Å²) in [5.74, 6) is 0.645.